The molecule has 6 heteroatoms. The molecule has 0 bridgehead atoms. The molecule has 1 aromatic heterocycles. The fourth-order valence-electron chi connectivity index (χ4n) is 2.76. The van der Waals surface area contributed by atoms with E-state index in [0.717, 1.165) is 18.6 Å². The molecular weight excluding hydrogens is 352 g/mol. The zero-order valence-corrected chi connectivity index (χ0v) is 15.9. The Morgan fingerprint density at radius 1 is 0.929 bits per heavy atom. The van der Waals surface area contributed by atoms with Gasteiger partial charge < -0.3 is 15.4 Å². The van der Waals surface area contributed by atoms with Crippen molar-refractivity contribution in [3.8, 4) is 5.75 Å². The summed E-state index contributed by atoms with van der Waals surface area (Å²) in [5, 5.41) is 6.14. The second-order valence-corrected chi connectivity index (χ2v) is 6.30. The fraction of sp³-hybridized carbons (Fsp3) is 0.227. The molecule has 0 unspecified atom stereocenters. The summed E-state index contributed by atoms with van der Waals surface area (Å²) in [7, 11) is 1.65. The van der Waals surface area contributed by atoms with Crippen molar-refractivity contribution in [2.75, 3.05) is 25.5 Å². The minimum atomic E-state index is -0.198. The number of nitrogens with zero attached hydrogens (tertiary/aromatic N) is 2. The van der Waals surface area contributed by atoms with Crippen molar-refractivity contribution in [1.82, 2.24) is 15.3 Å². The Morgan fingerprint density at radius 3 is 2.39 bits per heavy atom. The first-order chi connectivity index (χ1) is 13.7. The maximum absolute atomic E-state index is 12.3. The number of ether oxygens (including phenoxy) is 1. The maximum atomic E-state index is 12.3. The molecule has 1 amide bonds. The summed E-state index contributed by atoms with van der Waals surface area (Å²) in [4.78, 5) is 20.6. The van der Waals surface area contributed by atoms with Gasteiger partial charge in [0.05, 0.1) is 7.11 Å². The standard InChI is InChI=1S/C22H24N4O2/c1-28-19-9-7-18(8-10-19)11-13-23-21-15-20(25-16-26-21)22(27)24-14-12-17-5-3-2-4-6-17/h2-10,15-16H,11-14H2,1H3,(H,24,27)(H,23,25,26). The van der Waals surface area contributed by atoms with Gasteiger partial charge >= 0.3 is 0 Å². The molecule has 2 aromatic carbocycles. The van der Waals surface area contributed by atoms with Gasteiger partial charge in [0.1, 0.15) is 23.6 Å². The second kappa shape index (κ2) is 10.1. The molecule has 28 heavy (non-hydrogen) atoms. The van der Waals surface area contributed by atoms with Crippen LogP contribution in [-0.2, 0) is 12.8 Å². The van der Waals surface area contributed by atoms with Gasteiger partial charge in [-0.1, -0.05) is 42.5 Å². The van der Waals surface area contributed by atoms with Gasteiger partial charge in [0, 0.05) is 19.2 Å². The lowest BCUT2D eigenvalue weighted by atomic mass is 10.1. The first-order valence-electron chi connectivity index (χ1n) is 9.25. The topological polar surface area (TPSA) is 76.1 Å². The van der Waals surface area contributed by atoms with Crippen LogP contribution in [0.1, 0.15) is 21.6 Å². The molecule has 0 radical (unpaired) electrons. The van der Waals surface area contributed by atoms with Gasteiger partial charge in [0.2, 0.25) is 0 Å². The molecule has 0 aliphatic carbocycles. The van der Waals surface area contributed by atoms with Crippen LogP contribution < -0.4 is 15.4 Å². The van der Waals surface area contributed by atoms with Gasteiger partial charge in [-0.2, -0.15) is 0 Å². The molecule has 6 nitrogen and oxygen atoms in total. The first kappa shape index (κ1) is 19.4. The van der Waals surface area contributed by atoms with E-state index in [1.54, 1.807) is 13.2 Å². The number of methoxy groups -OCH3 is 1. The fourth-order valence-corrected chi connectivity index (χ4v) is 2.76. The Bertz CT molecular complexity index is 883. The van der Waals surface area contributed by atoms with Gasteiger partial charge in [-0.15, -0.1) is 0 Å². The van der Waals surface area contributed by atoms with E-state index in [0.29, 0.717) is 24.6 Å². The molecule has 0 atom stereocenters. The third-order valence-electron chi connectivity index (χ3n) is 4.32. The molecule has 3 aromatic rings. The summed E-state index contributed by atoms with van der Waals surface area (Å²) in [5.41, 5.74) is 2.74. The summed E-state index contributed by atoms with van der Waals surface area (Å²) >= 11 is 0. The van der Waals surface area contributed by atoms with Crippen molar-refractivity contribution < 1.29 is 9.53 Å². The molecule has 0 aliphatic rings. The number of aromatic nitrogens is 2. The normalized spacial score (nSPS) is 10.3. The number of carbonyl (C=O) groups excluding carboxylic acids is 1. The third kappa shape index (κ3) is 5.81. The minimum absolute atomic E-state index is 0.198. The third-order valence-corrected chi connectivity index (χ3v) is 4.32. The Kier molecular flexibility index (Phi) is 6.95. The summed E-state index contributed by atoms with van der Waals surface area (Å²) < 4.78 is 5.16. The molecule has 2 N–H and O–H groups in total. The van der Waals surface area contributed by atoms with Crippen LogP contribution in [0.2, 0.25) is 0 Å². The van der Waals surface area contributed by atoms with Crippen LogP contribution >= 0.6 is 0 Å². The van der Waals surface area contributed by atoms with Crippen molar-refractivity contribution in [2.24, 2.45) is 0 Å². The zero-order valence-electron chi connectivity index (χ0n) is 15.9. The minimum Gasteiger partial charge on any atom is -0.497 e. The number of carbonyl (C=O) groups is 1. The number of hydrogen-bond acceptors (Lipinski definition) is 5. The summed E-state index contributed by atoms with van der Waals surface area (Å²) in [6.07, 6.45) is 3.03. The van der Waals surface area contributed by atoms with E-state index in [2.05, 4.69) is 20.6 Å². The summed E-state index contributed by atoms with van der Waals surface area (Å²) in [6.45, 7) is 1.27. The predicted molar refractivity (Wildman–Crippen MR) is 110 cm³/mol. The molecule has 0 fully saturated rings. The largest absolute Gasteiger partial charge is 0.497 e. The average molecular weight is 376 g/mol. The van der Waals surface area contributed by atoms with E-state index >= 15 is 0 Å². The van der Waals surface area contributed by atoms with E-state index in [9.17, 15) is 4.79 Å². The number of rotatable bonds is 9. The van der Waals surface area contributed by atoms with E-state index in [-0.39, 0.29) is 5.91 Å². The highest BCUT2D eigenvalue weighted by Crippen LogP contribution is 2.12. The van der Waals surface area contributed by atoms with Crippen molar-refractivity contribution in [3.05, 3.63) is 83.8 Å². The quantitative estimate of drug-likeness (QED) is 0.600. The Balaban J connectivity index is 1.46. The van der Waals surface area contributed by atoms with E-state index < -0.39 is 0 Å². The summed E-state index contributed by atoms with van der Waals surface area (Å²) in [5.74, 6) is 1.28. The van der Waals surface area contributed by atoms with Crippen molar-refractivity contribution in [1.29, 1.82) is 0 Å². The number of amides is 1. The monoisotopic (exact) mass is 376 g/mol. The van der Waals surface area contributed by atoms with Crippen LogP contribution in [-0.4, -0.2) is 36.1 Å². The van der Waals surface area contributed by atoms with Gasteiger partial charge in [-0.3, -0.25) is 4.79 Å². The smallest absolute Gasteiger partial charge is 0.270 e. The van der Waals surface area contributed by atoms with E-state index in [1.807, 2.05) is 54.6 Å². The highest BCUT2D eigenvalue weighted by molar-refractivity contribution is 5.92. The Morgan fingerprint density at radius 2 is 1.64 bits per heavy atom. The van der Waals surface area contributed by atoms with Gasteiger partial charge in [0.15, 0.2) is 0 Å². The van der Waals surface area contributed by atoms with Crippen molar-refractivity contribution in [3.63, 3.8) is 0 Å². The molecule has 0 spiro atoms. The molecular formula is C22H24N4O2. The van der Waals surface area contributed by atoms with Crippen LogP contribution in [0, 0.1) is 0 Å². The van der Waals surface area contributed by atoms with E-state index in [1.165, 1.54) is 17.5 Å². The molecule has 0 saturated heterocycles. The van der Waals surface area contributed by atoms with Crippen LogP contribution in [0.15, 0.2) is 67.0 Å². The van der Waals surface area contributed by atoms with Crippen LogP contribution in [0.5, 0.6) is 5.75 Å². The number of benzene rings is 2. The van der Waals surface area contributed by atoms with Crippen LogP contribution in [0.4, 0.5) is 5.82 Å². The predicted octanol–water partition coefficient (Wildman–Crippen LogP) is 3.11. The lowest BCUT2D eigenvalue weighted by Crippen LogP contribution is -2.26. The van der Waals surface area contributed by atoms with Gasteiger partial charge in [0.25, 0.3) is 5.91 Å². The number of anilines is 1. The SMILES string of the molecule is COc1ccc(CCNc2cc(C(=O)NCCc3ccccc3)ncn2)cc1. The highest BCUT2D eigenvalue weighted by Gasteiger charge is 2.08. The lowest BCUT2D eigenvalue weighted by molar-refractivity contribution is 0.0949. The highest BCUT2D eigenvalue weighted by atomic mass is 16.5. The van der Waals surface area contributed by atoms with Gasteiger partial charge in [-0.05, 0) is 36.1 Å². The molecule has 0 saturated carbocycles. The lowest BCUT2D eigenvalue weighted by Gasteiger charge is -2.08. The molecule has 144 valence electrons. The zero-order chi connectivity index (χ0) is 19.6. The maximum Gasteiger partial charge on any atom is 0.270 e. The van der Waals surface area contributed by atoms with Gasteiger partial charge in [-0.25, -0.2) is 9.97 Å². The average Bonchev–Trinajstić information content (AvgIpc) is 2.75. The second-order valence-electron chi connectivity index (χ2n) is 6.30. The number of nitrogens with one attached hydrogen (secondary N) is 2. The van der Waals surface area contributed by atoms with Crippen LogP contribution in [0.25, 0.3) is 0 Å². The Hall–Kier alpha value is -3.41. The first-order valence-corrected chi connectivity index (χ1v) is 9.25. The molecule has 0 aliphatic heterocycles. The molecule has 3 rings (SSSR count). The van der Waals surface area contributed by atoms with Crippen molar-refractivity contribution in [2.45, 2.75) is 12.8 Å². The van der Waals surface area contributed by atoms with Crippen LogP contribution in [0.3, 0.4) is 0 Å². The van der Waals surface area contributed by atoms with Crippen molar-refractivity contribution >= 4 is 11.7 Å². The molecule has 1 heterocycles. The van der Waals surface area contributed by atoms with E-state index in [4.69, 9.17) is 4.74 Å². The summed E-state index contributed by atoms with van der Waals surface area (Å²) in [6, 6.07) is 19.7. The Labute approximate surface area is 165 Å². The number of hydrogen-bond donors (Lipinski definition) is 2.